The Bertz CT molecular complexity index is 1670. The lowest BCUT2D eigenvalue weighted by molar-refractivity contribution is -0.379. The molecule has 0 aromatic rings. The molecule has 3 fully saturated rings. The van der Waals surface area contributed by atoms with Gasteiger partial charge in [0, 0.05) is 6.42 Å². The van der Waals surface area contributed by atoms with Gasteiger partial charge < -0.3 is 89.9 Å². The van der Waals surface area contributed by atoms with Gasteiger partial charge in [-0.05, 0) is 19.3 Å². The van der Waals surface area contributed by atoms with Crippen LogP contribution < -0.4 is 5.32 Å². The second-order valence-corrected chi connectivity index (χ2v) is 26.4. The molecule has 1 amide bonds. The number of carbonyl (C=O) groups is 1. The number of allylic oxidation sites excluding steroid dienone is 1. The van der Waals surface area contributed by atoms with E-state index in [0.717, 1.165) is 44.9 Å². The molecule has 0 aromatic heterocycles. The lowest BCUT2D eigenvalue weighted by Gasteiger charge is -2.48. The molecule has 0 aliphatic carbocycles. The maximum Gasteiger partial charge on any atom is 0.220 e. The van der Waals surface area contributed by atoms with E-state index in [2.05, 4.69) is 19.2 Å². The highest BCUT2D eigenvalue weighted by Crippen LogP contribution is 2.33. The Kier molecular flexibility index (Phi) is 48.5. The first-order valence-corrected chi connectivity index (χ1v) is 36.4. The summed E-state index contributed by atoms with van der Waals surface area (Å²) in [6, 6.07) is -0.968. The Hall–Kier alpha value is -1.47. The van der Waals surface area contributed by atoms with Crippen molar-refractivity contribution in [3.8, 4) is 0 Å². The molecule has 3 aliphatic rings. The van der Waals surface area contributed by atoms with Crippen LogP contribution >= 0.6 is 0 Å². The molecule has 3 aliphatic heterocycles. The zero-order valence-corrected chi connectivity index (χ0v) is 55.7. The summed E-state index contributed by atoms with van der Waals surface area (Å²) in [6.07, 6.45) is 32.1. The highest BCUT2D eigenvalue weighted by atomic mass is 16.8. The number of nitrogens with one attached hydrogen (secondary N) is 1. The molecule has 0 bridgehead atoms. The molecule has 0 spiro atoms. The van der Waals surface area contributed by atoms with E-state index in [1.165, 1.54) is 225 Å². The first-order valence-electron chi connectivity index (χ1n) is 36.4. The summed E-state index contributed by atoms with van der Waals surface area (Å²) in [5, 5.41) is 120. The Balaban J connectivity index is 1.37. The average molecular weight is 1280 g/mol. The Morgan fingerprint density at radius 2 is 0.697 bits per heavy atom. The smallest absolute Gasteiger partial charge is 0.220 e. The van der Waals surface area contributed by atoms with E-state index in [1.807, 2.05) is 6.08 Å². The van der Waals surface area contributed by atoms with Crippen LogP contribution in [-0.2, 0) is 33.2 Å². The van der Waals surface area contributed by atoms with Crippen molar-refractivity contribution in [1.29, 1.82) is 0 Å². The first-order chi connectivity index (χ1) is 43.3. The molecular formula is C70H133NO18. The number of unbranched alkanes of at least 4 members (excludes halogenated alkanes) is 41. The molecule has 17 atom stereocenters. The third-order valence-electron chi connectivity index (χ3n) is 18.6. The number of hydrogen-bond donors (Lipinski definition) is 12. The molecule has 0 saturated carbocycles. The Labute approximate surface area is 537 Å². The molecule has 0 radical (unpaired) electrons. The number of aliphatic hydroxyl groups is 11. The minimum absolute atomic E-state index is 0.249. The summed E-state index contributed by atoms with van der Waals surface area (Å²) in [5.41, 5.74) is 0. The van der Waals surface area contributed by atoms with E-state index in [1.54, 1.807) is 6.08 Å². The molecule has 19 nitrogen and oxygen atoms in total. The van der Waals surface area contributed by atoms with Crippen LogP contribution in [0.2, 0.25) is 0 Å². The quantitative estimate of drug-likeness (QED) is 0.0199. The zero-order chi connectivity index (χ0) is 64.7. The van der Waals surface area contributed by atoms with Gasteiger partial charge in [0.2, 0.25) is 5.91 Å². The van der Waals surface area contributed by atoms with E-state index in [-0.39, 0.29) is 18.9 Å². The van der Waals surface area contributed by atoms with Crippen LogP contribution in [0.15, 0.2) is 12.2 Å². The molecule has 3 saturated heterocycles. The third kappa shape index (κ3) is 34.7. The number of carbonyl (C=O) groups excluding carboxylic acids is 1. The summed E-state index contributed by atoms with van der Waals surface area (Å²) in [5.74, 6) is -0.271. The highest BCUT2D eigenvalue weighted by molar-refractivity contribution is 5.76. The second kappa shape index (κ2) is 52.8. The van der Waals surface area contributed by atoms with Crippen LogP contribution in [0.4, 0.5) is 0 Å². The van der Waals surface area contributed by atoms with Crippen LogP contribution in [-0.4, -0.2) is 193 Å². The predicted octanol–water partition coefficient (Wildman–Crippen LogP) is 10.1. The molecule has 17 unspecified atom stereocenters. The van der Waals surface area contributed by atoms with Gasteiger partial charge in [0.05, 0.1) is 38.6 Å². The van der Waals surface area contributed by atoms with E-state index in [0.29, 0.717) is 6.42 Å². The molecule has 19 heteroatoms. The van der Waals surface area contributed by atoms with Crippen LogP contribution in [0.1, 0.15) is 296 Å². The molecule has 0 aromatic carbocycles. The lowest BCUT2D eigenvalue weighted by Crippen LogP contribution is -2.66. The van der Waals surface area contributed by atoms with Gasteiger partial charge in [0.1, 0.15) is 73.2 Å². The topological polar surface area (TPSA) is 307 Å². The van der Waals surface area contributed by atoms with Gasteiger partial charge in [-0.2, -0.15) is 0 Å². The van der Waals surface area contributed by atoms with Crippen LogP contribution in [0.25, 0.3) is 0 Å². The first kappa shape index (κ1) is 81.8. The number of amides is 1. The molecule has 526 valence electrons. The summed E-state index contributed by atoms with van der Waals surface area (Å²) in [6.45, 7) is 1.76. The minimum Gasteiger partial charge on any atom is -0.394 e. The van der Waals surface area contributed by atoms with E-state index in [4.69, 9.17) is 28.4 Å². The fourth-order valence-corrected chi connectivity index (χ4v) is 12.7. The summed E-state index contributed by atoms with van der Waals surface area (Å²) in [4.78, 5) is 13.4. The van der Waals surface area contributed by atoms with Crippen molar-refractivity contribution < 1.29 is 89.4 Å². The Morgan fingerprint density at radius 3 is 1.06 bits per heavy atom. The number of rotatable bonds is 57. The van der Waals surface area contributed by atoms with Crippen molar-refractivity contribution in [3.05, 3.63) is 12.2 Å². The third-order valence-corrected chi connectivity index (χ3v) is 18.6. The van der Waals surface area contributed by atoms with Crippen molar-refractivity contribution in [3.63, 3.8) is 0 Å². The van der Waals surface area contributed by atoms with Crippen LogP contribution in [0.5, 0.6) is 0 Å². The number of hydrogen-bond acceptors (Lipinski definition) is 18. The van der Waals surface area contributed by atoms with Gasteiger partial charge in [0.15, 0.2) is 18.9 Å². The van der Waals surface area contributed by atoms with E-state index in [9.17, 15) is 61.0 Å². The number of ether oxygens (including phenoxy) is 6. The predicted molar refractivity (Wildman–Crippen MR) is 347 cm³/mol. The molecular weight excluding hydrogens is 1140 g/mol. The SMILES string of the molecule is CCCCCCCCCCCCCCCCCCCCCCCCCCCCCCC/C=C/C(O)C(COC1OC(CO)C(OC2OC(CO)C(OC3OC(CO)C(O)C(O)C3O)C(O)C2O)C(O)C1O)NC(=O)CCCCCCCCCCCCCCC. The van der Waals surface area contributed by atoms with Gasteiger partial charge in [-0.1, -0.05) is 283 Å². The maximum atomic E-state index is 13.4. The van der Waals surface area contributed by atoms with Gasteiger partial charge in [-0.15, -0.1) is 0 Å². The second-order valence-electron chi connectivity index (χ2n) is 26.4. The van der Waals surface area contributed by atoms with Gasteiger partial charge >= 0.3 is 0 Å². The fraction of sp³-hybridized carbons (Fsp3) is 0.957. The average Bonchev–Trinajstić information content (AvgIpc) is 2.30. The molecule has 89 heavy (non-hydrogen) atoms. The van der Waals surface area contributed by atoms with E-state index < -0.39 is 124 Å². The standard InChI is InChI=1S/C70H133NO18/c1-3-5-7-9-11-13-15-17-18-19-20-21-22-23-24-25-26-27-28-29-30-31-32-33-34-36-37-39-41-43-45-47-54(75)53(71-58(76)48-46-44-42-40-38-35-16-14-12-10-8-6-4-2)52-84-68-64(82)61(79)66(56(50-73)86-68)89-70-65(83)62(80)67(57(51-74)87-70)88-69-63(81)60(78)59(77)55(49-72)85-69/h45,47,53-57,59-70,72-75,77-83H,3-44,46,48-52H2,1-2H3,(H,71,76)/b47-45+. The molecule has 12 N–H and O–H groups in total. The largest absolute Gasteiger partial charge is 0.394 e. The summed E-state index contributed by atoms with van der Waals surface area (Å²) < 4.78 is 34.3. The summed E-state index contributed by atoms with van der Waals surface area (Å²) in [7, 11) is 0. The van der Waals surface area contributed by atoms with E-state index >= 15 is 0 Å². The van der Waals surface area contributed by atoms with Crippen molar-refractivity contribution in [2.45, 2.75) is 401 Å². The fourth-order valence-electron chi connectivity index (χ4n) is 12.7. The van der Waals surface area contributed by atoms with Gasteiger partial charge in [-0.3, -0.25) is 4.79 Å². The maximum absolute atomic E-state index is 13.4. The van der Waals surface area contributed by atoms with Crippen molar-refractivity contribution in [1.82, 2.24) is 5.32 Å². The van der Waals surface area contributed by atoms with Crippen molar-refractivity contribution >= 4 is 5.91 Å². The van der Waals surface area contributed by atoms with Crippen LogP contribution in [0, 0.1) is 0 Å². The van der Waals surface area contributed by atoms with Crippen LogP contribution in [0.3, 0.4) is 0 Å². The molecule has 3 rings (SSSR count). The lowest BCUT2D eigenvalue weighted by atomic mass is 9.96. The normalized spacial score (nSPS) is 28.2. The molecule has 3 heterocycles. The van der Waals surface area contributed by atoms with Crippen molar-refractivity contribution in [2.75, 3.05) is 26.4 Å². The monoisotopic (exact) mass is 1280 g/mol. The number of aliphatic hydroxyl groups excluding tert-OH is 11. The van der Waals surface area contributed by atoms with Gasteiger partial charge in [-0.25, -0.2) is 0 Å². The highest BCUT2D eigenvalue weighted by Gasteiger charge is 2.53. The summed E-state index contributed by atoms with van der Waals surface area (Å²) >= 11 is 0. The minimum atomic E-state index is -1.98. The zero-order valence-electron chi connectivity index (χ0n) is 55.7. The van der Waals surface area contributed by atoms with Crippen molar-refractivity contribution in [2.24, 2.45) is 0 Å². The Morgan fingerprint density at radius 1 is 0.393 bits per heavy atom. The van der Waals surface area contributed by atoms with Gasteiger partial charge in [0.25, 0.3) is 0 Å².